The highest BCUT2D eigenvalue weighted by Gasteiger charge is 2.40. The predicted octanol–water partition coefficient (Wildman–Crippen LogP) is -0.489. The second kappa shape index (κ2) is 7.09. The number of hydrogen-bond donors (Lipinski definition) is 2. The smallest absolute Gasteiger partial charge is 0.326 e. The van der Waals surface area contributed by atoms with E-state index in [4.69, 9.17) is 5.11 Å². The molecule has 2 atom stereocenters. The van der Waals surface area contributed by atoms with Crippen LogP contribution in [0.3, 0.4) is 0 Å². The van der Waals surface area contributed by atoms with Gasteiger partial charge in [-0.3, -0.25) is 4.79 Å². The highest BCUT2D eigenvalue weighted by atomic mass is 16.5. The number of carbonyl (C=O) groups is 3. The van der Waals surface area contributed by atoms with E-state index in [2.05, 4.69) is 4.74 Å². The first-order valence-electron chi connectivity index (χ1n) is 6.43. The molecule has 2 amide bonds. The Hall–Kier alpha value is -1.83. The number of amides is 2. The molecule has 2 N–H and O–H groups in total. The zero-order chi connectivity index (χ0) is 15.3. The van der Waals surface area contributed by atoms with Crippen LogP contribution in [0.5, 0.6) is 0 Å². The van der Waals surface area contributed by atoms with Crippen molar-refractivity contribution in [1.82, 2.24) is 9.80 Å². The predicted molar refractivity (Wildman–Crippen MR) is 68.0 cm³/mol. The molecule has 1 aliphatic rings. The molecule has 1 saturated heterocycles. The monoisotopic (exact) mass is 288 g/mol. The Balaban J connectivity index is 2.82. The zero-order valence-electron chi connectivity index (χ0n) is 11.6. The standard InChI is InChI=1S/C12H20N2O6/c1-3-4-13(7-10(16)20-2)12(19)14-6-8(15)5-9(14)11(17)18/h8-9,15H,3-7H2,1-2H3,(H,17,18). The molecule has 0 bridgehead atoms. The van der Waals surface area contributed by atoms with Gasteiger partial charge in [-0.2, -0.15) is 0 Å². The van der Waals surface area contributed by atoms with Crippen LogP contribution in [0.1, 0.15) is 19.8 Å². The number of carbonyl (C=O) groups excluding carboxylic acids is 2. The fourth-order valence-corrected chi connectivity index (χ4v) is 2.17. The number of methoxy groups -OCH3 is 1. The van der Waals surface area contributed by atoms with Crippen molar-refractivity contribution in [1.29, 1.82) is 0 Å². The molecule has 0 spiro atoms. The van der Waals surface area contributed by atoms with Gasteiger partial charge in [0, 0.05) is 19.5 Å². The number of likely N-dealkylation sites (tertiary alicyclic amines) is 1. The molecule has 1 fully saturated rings. The second-order valence-electron chi connectivity index (χ2n) is 4.68. The van der Waals surface area contributed by atoms with Gasteiger partial charge in [0.15, 0.2) is 0 Å². The van der Waals surface area contributed by atoms with Crippen LogP contribution in [0, 0.1) is 0 Å². The molecule has 0 aromatic rings. The SMILES string of the molecule is CCCN(CC(=O)OC)C(=O)N1CC(O)CC1C(=O)O. The summed E-state index contributed by atoms with van der Waals surface area (Å²) in [6.45, 7) is 1.87. The number of aliphatic hydroxyl groups is 1. The summed E-state index contributed by atoms with van der Waals surface area (Å²) in [4.78, 5) is 37.0. The van der Waals surface area contributed by atoms with Crippen LogP contribution in [-0.2, 0) is 14.3 Å². The van der Waals surface area contributed by atoms with Gasteiger partial charge in [0.1, 0.15) is 12.6 Å². The third kappa shape index (κ3) is 3.83. The summed E-state index contributed by atoms with van der Waals surface area (Å²) in [5, 5.41) is 18.6. The highest BCUT2D eigenvalue weighted by Crippen LogP contribution is 2.20. The van der Waals surface area contributed by atoms with Crippen LogP contribution >= 0.6 is 0 Å². The van der Waals surface area contributed by atoms with Gasteiger partial charge in [0.25, 0.3) is 0 Å². The number of aliphatic hydroxyl groups excluding tert-OH is 1. The normalized spacial score (nSPS) is 21.6. The number of carboxylic acid groups (broad SMARTS) is 1. The average Bonchev–Trinajstić information content (AvgIpc) is 2.79. The number of hydrogen-bond acceptors (Lipinski definition) is 5. The van der Waals surface area contributed by atoms with E-state index in [1.807, 2.05) is 6.92 Å². The summed E-state index contributed by atoms with van der Waals surface area (Å²) in [5.41, 5.74) is 0. The highest BCUT2D eigenvalue weighted by molar-refractivity contribution is 5.86. The van der Waals surface area contributed by atoms with Crippen molar-refractivity contribution in [2.75, 3.05) is 26.7 Å². The average molecular weight is 288 g/mol. The topological polar surface area (TPSA) is 107 Å². The summed E-state index contributed by atoms with van der Waals surface area (Å²) in [6, 6.07) is -1.63. The van der Waals surface area contributed by atoms with Gasteiger partial charge >= 0.3 is 18.0 Å². The zero-order valence-corrected chi connectivity index (χ0v) is 11.6. The van der Waals surface area contributed by atoms with Crippen LogP contribution in [0.15, 0.2) is 0 Å². The Morgan fingerprint density at radius 1 is 1.40 bits per heavy atom. The molecule has 8 heteroatoms. The van der Waals surface area contributed by atoms with Crippen molar-refractivity contribution in [2.24, 2.45) is 0 Å². The van der Waals surface area contributed by atoms with Crippen LogP contribution in [0.25, 0.3) is 0 Å². The van der Waals surface area contributed by atoms with E-state index in [0.717, 1.165) is 4.90 Å². The number of β-amino-alcohol motifs (C(OH)–C–C–N with tert-alkyl or cyclic N) is 1. The van der Waals surface area contributed by atoms with Gasteiger partial charge in [-0.25, -0.2) is 9.59 Å². The summed E-state index contributed by atoms with van der Waals surface area (Å²) >= 11 is 0. The molecule has 2 unspecified atom stereocenters. The van der Waals surface area contributed by atoms with Crippen LogP contribution in [0.2, 0.25) is 0 Å². The maximum Gasteiger partial charge on any atom is 0.326 e. The van der Waals surface area contributed by atoms with E-state index < -0.39 is 30.1 Å². The van der Waals surface area contributed by atoms with Crippen molar-refractivity contribution < 1.29 is 29.3 Å². The molecule has 0 aromatic heterocycles. The number of nitrogens with zero attached hydrogens (tertiary/aromatic N) is 2. The Kier molecular flexibility index (Phi) is 5.75. The fourth-order valence-electron chi connectivity index (χ4n) is 2.17. The molecule has 0 aromatic carbocycles. The first-order valence-corrected chi connectivity index (χ1v) is 6.43. The molecular weight excluding hydrogens is 268 g/mol. The summed E-state index contributed by atoms with van der Waals surface area (Å²) in [6.07, 6.45) is -0.238. The lowest BCUT2D eigenvalue weighted by molar-refractivity contribution is -0.141. The molecule has 20 heavy (non-hydrogen) atoms. The van der Waals surface area contributed by atoms with E-state index in [-0.39, 0.29) is 19.5 Å². The van der Waals surface area contributed by atoms with E-state index in [1.54, 1.807) is 0 Å². The maximum absolute atomic E-state index is 12.3. The molecule has 114 valence electrons. The van der Waals surface area contributed by atoms with Crippen molar-refractivity contribution >= 4 is 18.0 Å². The second-order valence-corrected chi connectivity index (χ2v) is 4.68. The number of aliphatic carboxylic acids is 1. The quantitative estimate of drug-likeness (QED) is 0.661. The van der Waals surface area contributed by atoms with Gasteiger partial charge in [0.2, 0.25) is 0 Å². The van der Waals surface area contributed by atoms with Gasteiger partial charge in [-0.15, -0.1) is 0 Å². The van der Waals surface area contributed by atoms with Gasteiger partial charge < -0.3 is 24.7 Å². The molecule has 0 saturated carbocycles. The van der Waals surface area contributed by atoms with Crippen LogP contribution in [0.4, 0.5) is 4.79 Å². The Bertz CT molecular complexity index is 386. The molecular formula is C12H20N2O6. The van der Waals surface area contributed by atoms with Crippen molar-refractivity contribution in [3.05, 3.63) is 0 Å². The molecule has 1 aliphatic heterocycles. The summed E-state index contributed by atoms with van der Waals surface area (Å²) in [7, 11) is 1.22. The number of urea groups is 1. The Morgan fingerprint density at radius 3 is 2.55 bits per heavy atom. The maximum atomic E-state index is 12.3. The van der Waals surface area contributed by atoms with E-state index >= 15 is 0 Å². The van der Waals surface area contributed by atoms with Gasteiger partial charge in [-0.05, 0) is 6.42 Å². The van der Waals surface area contributed by atoms with Gasteiger partial charge in [0.05, 0.1) is 13.2 Å². The lowest BCUT2D eigenvalue weighted by atomic mass is 10.2. The number of carboxylic acids is 1. The Labute approximate surface area is 116 Å². The molecule has 8 nitrogen and oxygen atoms in total. The summed E-state index contributed by atoms with van der Waals surface area (Å²) < 4.78 is 4.52. The van der Waals surface area contributed by atoms with Gasteiger partial charge in [-0.1, -0.05) is 6.92 Å². The number of ether oxygens (including phenoxy) is 1. The number of esters is 1. The molecule has 1 rings (SSSR count). The van der Waals surface area contributed by atoms with Crippen LogP contribution in [-0.4, -0.2) is 76.9 Å². The molecule has 0 radical (unpaired) electrons. The van der Waals surface area contributed by atoms with Crippen molar-refractivity contribution in [3.63, 3.8) is 0 Å². The molecule has 0 aliphatic carbocycles. The van der Waals surface area contributed by atoms with E-state index in [9.17, 15) is 19.5 Å². The largest absolute Gasteiger partial charge is 0.480 e. The minimum atomic E-state index is -1.16. The van der Waals surface area contributed by atoms with Crippen LogP contribution < -0.4 is 0 Å². The Morgan fingerprint density at radius 2 is 2.05 bits per heavy atom. The van der Waals surface area contributed by atoms with Crippen molar-refractivity contribution in [2.45, 2.75) is 31.9 Å². The lowest BCUT2D eigenvalue weighted by Gasteiger charge is -2.29. The van der Waals surface area contributed by atoms with E-state index in [1.165, 1.54) is 12.0 Å². The summed E-state index contributed by atoms with van der Waals surface area (Å²) in [5.74, 6) is -1.73. The lowest BCUT2D eigenvalue weighted by Crippen LogP contribution is -2.50. The number of rotatable bonds is 5. The minimum absolute atomic E-state index is 0.000732. The van der Waals surface area contributed by atoms with Crippen molar-refractivity contribution in [3.8, 4) is 0 Å². The fraction of sp³-hybridized carbons (Fsp3) is 0.750. The third-order valence-electron chi connectivity index (χ3n) is 3.12. The first-order chi connectivity index (χ1) is 9.40. The van der Waals surface area contributed by atoms with E-state index in [0.29, 0.717) is 13.0 Å². The molecule has 1 heterocycles. The third-order valence-corrected chi connectivity index (χ3v) is 3.12. The minimum Gasteiger partial charge on any atom is -0.480 e. The first kappa shape index (κ1) is 16.2.